The van der Waals surface area contributed by atoms with Crippen LogP contribution in [0.15, 0.2) is 23.1 Å². The van der Waals surface area contributed by atoms with Crippen LogP contribution < -0.4 is 9.46 Å². The molecule has 0 aliphatic rings. The number of hydrogen-bond acceptors (Lipinski definition) is 4. The molecule has 8 heteroatoms. The van der Waals surface area contributed by atoms with E-state index in [0.717, 1.165) is 19.1 Å². The van der Waals surface area contributed by atoms with Gasteiger partial charge in [-0.3, -0.25) is 4.79 Å². The number of nitrogens with one attached hydrogen (secondary N) is 1. The molecule has 0 aliphatic carbocycles. The number of halogens is 1. The van der Waals surface area contributed by atoms with Gasteiger partial charge in [-0.2, -0.15) is 4.72 Å². The molecule has 1 rings (SSSR count). The summed E-state index contributed by atoms with van der Waals surface area (Å²) in [6.07, 6.45) is 0. The summed E-state index contributed by atoms with van der Waals surface area (Å²) in [6.45, 7) is 1.14. The number of benzene rings is 1. The Bertz CT molecular complexity index is 557. The number of aliphatic carboxylic acids is 1. The largest absolute Gasteiger partial charge is 0.497 e. The Hall–Kier alpha value is -1.67. The van der Waals surface area contributed by atoms with Gasteiger partial charge in [-0.1, -0.05) is 0 Å². The molecule has 0 aromatic heterocycles. The van der Waals surface area contributed by atoms with E-state index < -0.39 is 32.7 Å². The molecule has 2 N–H and O–H groups in total. The number of carboxylic acids is 1. The minimum absolute atomic E-state index is 0.165. The van der Waals surface area contributed by atoms with Crippen molar-refractivity contribution in [1.82, 2.24) is 4.72 Å². The Kier molecular flexibility index (Phi) is 4.25. The molecule has 18 heavy (non-hydrogen) atoms. The lowest BCUT2D eigenvalue weighted by Crippen LogP contribution is -2.38. The Labute approximate surface area is 103 Å². The van der Waals surface area contributed by atoms with E-state index >= 15 is 0 Å². The van der Waals surface area contributed by atoms with E-state index in [2.05, 4.69) is 0 Å². The van der Waals surface area contributed by atoms with Gasteiger partial charge in [-0.05, 0) is 19.1 Å². The maximum Gasteiger partial charge on any atom is 0.321 e. The molecule has 1 aromatic rings. The molecule has 0 aliphatic heterocycles. The Balaban J connectivity index is 3.09. The zero-order chi connectivity index (χ0) is 13.9. The summed E-state index contributed by atoms with van der Waals surface area (Å²) in [5.41, 5.74) is 0. The van der Waals surface area contributed by atoms with Crippen molar-refractivity contribution >= 4 is 16.0 Å². The first-order valence-electron chi connectivity index (χ1n) is 4.86. The summed E-state index contributed by atoms with van der Waals surface area (Å²) in [5.74, 6) is -2.20. The zero-order valence-corrected chi connectivity index (χ0v) is 10.5. The first-order chi connectivity index (χ1) is 8.27. The van der Waals surface area contributed by atoms with Crippen molar-refractivity contribution < 1.29 is 27.4 Å². The van der Waals surface area contributed by atoms with Crippen LogP contribution in [0.1, 0.15) is 6.92 Å². The number of methoxy groups -OCH3 is 1. The molecule has 1 atom stereocenters. The lowest BCUT2D eigenvalue weighted by atomic mass is 10.3. The van der Waals surface area contributed by atoms with E-state index in [1.165, 1.54) is 13.2 Å². The van der Waals surface area contributed by atoms with Crippen molar-refractivity contribution in [3.63, 3.8) is 0 Å². The van der Waals surface area contributed by atoms with Crippen LogP contribution in [-0.2, 0) is 14.8 Å². The van der Waals surface area contributed by atoms with Gasteiger partial charge in [0.2, 0.25) is 10.0 Å². The third-order valence-electron chi connectivity index (χ3n) is 2.13. The normalized spacial score (nSPS) is 13.1. The molecule has 0 bridgehead atoms. The zero-order valence-electron chi connectivity index (χ0n) is 9.68. The summed E-state index contributed by atoms with van der Waals surface area (Å²) < 4.78 is 43.5. The predicted molar refractivity (Wildman–Crippen MR) is 60.4 cm³/mol. The fourth-order valence-electron chi connectivity index (χ4n) is 1.17. The first-order valence-corrected chi connectivity index (χ1v) is 6.35. The monoisotopic (exact) mass is 277 g/mol. The fourth-order valence-corrected chi connectivity index (χ4v) is 2.43. The molecule has 0 amide bonds. The SMILES string of the molecule is COc1ccc(S(=O)(=O)N[C@@H](C)C(=O)O)c(F)c1. The standard InChI is InChI=1S/C10H12FNO5S/c1-6(10(13)14)12-18(15,16)9-4-3-7(17-2)5-8(9)11/h3-6,12H,1-2H3,(H,13,14)/t6-/m0/s1. The average molecular weight is 277 g/mol. The van der Waals surface area contributed by atoms with Gasteiger partial charge in [-0.15, -0.1) is 0 Å². The van der Waals surface area contributed by atoms with Crippen LogP contribution in [0, 0.1) is 5.82 Å². The summed E-state index contributed by atoms with van der Waals surface area (Å²) in [4.78, 5) is 9.92. The van der Waals surface area contributed by atoms with Crippen molar-refractivity contribution in [2.45, 2.75) is 17.9 Å². The Morgan fingerprint density at radius 3 is 2.56 bits per heavy atom. The van der Waals surface area contributed by atoms with Gasteiger partial charge in [-0.25, -0.2) is 12.8 Å². The van der Waals surface area contributed by atoms with E-state index in [1.54, 1.807) is 0 Å². The molecular formula is C10H12FNO5S. The van der Waals surface area contributed by atoms with Gasteiger partial charge in [0.15, 0.2) is 0 Å². The van der Waals surface area contributed by atoms with Crippen LogP contribution in [0.4, 0.5) is 4.39 Å². The first kappa shape index (κ1) is 14.4. The van der Waals surface area contributed by atoms with Crippen molar-refractivity contribution in [2.24, 2.45) is 0 Å². The van der Waals surface area contributed by atoms with Crippen LogP contribution in [0.3, 0.4) is 0 Å². The summed E-state index contributed by atoms with van der Waals surface area (Å²) in [7, 11) is -2.91. The Morgan fingerprint density at radius 2 is 2.11 bits per heavy atom. The van der Waals surface area contributed by atoms with Gasteiger partial charge in [0.25, 0.3) is 0 Å². The Morgan fingerprint density at radius 1 is 1.50 bits per heavy atom. The van der Waals surface area contributed by atoms with Crippen molar-refractivity contribution in [3.05, 3.63) is 24.0 Å². The molecule has 0 spiro atoms. The molecule has 1 aromatic carbocycles. The predicted octanol–water partition coefficient (Wildman–Crippen LogP) is 0.586. The maximum absolute atomic E-state index is 13.5. The highest BCUT2D eigenvalue weighted by molar-refractivity contribution is 7.89. The smallest absolute Gasteiger partial charge is 0.321 e. The van der Waals surface area contributed by atoms with Gasteiger partial charge in [0.05, 0.1) is 7.11 Å². The number of carbonyl (C=O) groups is 1. The third kappa shape index (κ3) is 3.17. The number of ether oxygens (including phenoxy) is 1. The number of carboxylic acid groups (broad SMARTS) is 1. The number of sulfonamides is 1. The fraction of sp³-hybridized carbons (Fsp3) is 0.300. The molecular weight excluding hydrogens is 265 g/mol. The second kappa shape index (κ2) is 5.32. The van der Waals surface area contributed by atoms with Gasteiger partial charge in [0, 0.05) is 6.07 Å². The summed E-state index contributed by atoms with van der Waals surface area (Å²) >= 11 is 0. The van der Waals surface area contributed by atoms with Crippen LogP contribution >= 0.6 is 0 Å². The lowest BCUT2D eigenvalue weighted by Gasteiger charge is -2.11. The molecule has 0 fully saturated rings. The van der Waals surface area contributed by atoms with Gasteiger partial charge < -0.3 is 9.84 Å². The minimum atomic E-state index is -4.22. The topological polar surface area (TPSA) is 92.7 Å². The highest BCUT2D eigenvalue weighted by Crippen LogP contribution is 2.20. The highest BCUT2D eigenvalue weighted by atomic mass is 32.2. The van der Waals surface area contributed by atoms with Crippen molar-refractivity contribution in [3.8, 4) is 5.75 Å². The van der Waals surface area contributed by atoms with Crippen LogP contribution in [0.2, 0.25) is 0 Å². The molecule has 6 nitrogen and oxygen atoms in total. The van der Waals surface area contributed by atoms with Gasteiger partial charge in [0.1, 0.15) is 22.5 Å². The number of hydrogen-bond donors (Lipinski definition) is 2. The van der Waals surface area contributed by atoms with E-state index in [9.17, 15) is 17.6 Å². The third-order valence-corrected chi connectivity index (χ3v) is 3.70. The minimum Gasteiger partial charge on any atom is -0.497 e. The average Bonchev–Trinajstić information content (AvgIpc) is 2.27. The van der Waals surface area contributed by atoms with Crippen LogP contribution in [0.25, 0.3) is 0 Å². The van der Waals surface area contributed by atoms with E-state index in [4.69, 9.17) is 9.84 Å². The molecule has 0 unspecified atom stereocenters. The molecule has 0 heterocycles. The molecule has 0 saturated carbocycles. The molecule has 100 valence electrons. The summed E-state index contributed by atoms with van der Waals surface area (Å²) in [6, 6.07) is 1.82. The van der Waals surface area contributed by atoms with Crippen LogP contribution in [-0.4, -0.2) is 32.6 Å². The van der Waals surface area contributed by atoms with Crippen molar-refractivity contribution in [1.29, 1.82) is 0 Å². The van der Waals surface area contributed by atoms with Gasteiger partial charge >= 0.3 is 5.97 Å². The van der Waals surface area contributed by atoms with E-state index in [0.29, 0.717) is 0 Å². The van der Waals surface area contributed by atoms with Crippen LogP contribution in [0.5, 0.6) is 5.75 Å². The second-order valence-electron chi connectivity index (χ2n) is 3.48. The maximum atomic E-state index is 13.5. The molecule has 0 saturated heterocycles. The molecule has 0 radical (unpaired) electrons. The van der Waals surface area contributed by atoms with Crippen molar-refractivity contribution in [2.75, 3.05) is 7.11 Å². The summed E-state index contributed by atoms with van der Waals surface area (Å²) in [5, 5.41) is 8.60. The number of rotatable bonds is 5. The van der Waals surface area contributed by atoms with E-state index in [-0.39, 0.29) is 5.75 Å². The highest BCUT2D eigenvalue weighted by Gasteiger charge is 2.24. The van der Waals surface area contributed by atoms with E-state index in [1.807, 2.05) is 4.72 Å². The lowest BCUT2D eigenvalue weighted by molar-refractivity contribution is -0.138. The second-order valence-corrected chi connectivity index (χ2v) is 5.16. The quantitative estimate of drug-likeness (QED) is 0.821.